The number of rotatable bonds is 7. The predicted molar refractivity (Wildman–Crippen MR) is 99.0 cm³/mol. The van der Waals surface area contributed by atoms with E-state index in [1.807, 2.05) is 60.7 Å². The Morgan fingerprint density at radius 2 is 1.68 bits per heavy atom. The third-order valence-electron chi connectivity index (χ3n) is 3.93. The highest BCUT2D eigenvalue weighted by atomic mass is 19.1. The van der Waals surface area contributed by atoms with Gasteiger partial charge in [0.25, 0.3) is 0 Å². The van der Waals surface area contributed by atoms with Gasteiger partial charge in [0, 0.05) is 12.2 Å². The molecule has 3 aromatic carbocycles. The van der Waals surface area contributed by atoms with Crippen LogP contribution in [0.1, 0.15) is 17.2 Å². The lowest BCUT2D eigenvalue weighted by molar-refractivity contribution is 0.306. The van der Waals surface area contributed by atoms with E-state index >= 15 is 0 Å². The highest BCUT2D eigenvalue weighted by Crippen LogP contribution is 2.22. The van der Waals surface area contributed by atoms with Crippen LogP contribution in [-0.4, -0.2) is 6.54 Å². The van der Waals surface area contributed by atoms with Gasteiger partial charge >= 0.3 is 0 Å². The Bertz CT molecular complexity index is 791. The van der Waals surface area contributed by atoms with E-state index in [0.717, 1.165) is 16.9 Å². The molecule has 1 atom stereocenters. The zero-order valence-electron chi connectivity index (χ0n) is 13.9. The van der Waals surface area contributed by atoms with Crippen LogP contribution in [0.2, 0.25) is 0 Å². The number of anilines is 1. The zero-order valence-corrected chi connectivity index (χ0v) is 13.9. The molecule has 4 heteroatoms. The lowest BCUT2D eigenvalue weighted by Gasteiger charge is -2.19. The van der Waals surface area contributed by atoms with Gasteiger partial charge in [0.15, 0.2) is 0 Å². The van der Waals surface area contributed by atoms with Gasteiger partial charge in [-0.25, -0.2) is 4.39 Å². The summed E-state index contributed by atoms with van der Waals surface area (Å²) in [6, 6.07) is 24.1. The van der Waals surface area contributed by atoms with Gasteiger partial charge in [-0.1, -0.05) is 48.5 Å². The van der Waals surface area contributed by atoms with E-state index < -0.39 is 0 Å². The van der Waals surface area contributed by atoms with Crippen molar-refractivity contribution in [3.63, 3.8) is 0 Å². The third kappa shape index (κ3) is 4.81. The Morgan fingerprint density at radius 3 is 2.36 bits per heavy atom. The summed E-state index contributed by atoms with van der Waals surface area (Å²) >= 11 is 0. The molecule has 0 fully saturated rings. The first-order valence-electron chi connectivity index (χ1n) is 8.23. The van der Waals surface area contributed by atoms with Gasteiger partial charge in [-0.2, -0.15) is 0 Å². The quantitative estimate of drug-likeness (QED) is 0.667. The summed E-state index contributed by atoms with van der Waals surface area (Å²) in [5.74, 6) is 0.527. The van der Waals surface area contributed by atoms with E-state index in [9.17, 15) is 4.39 Å². The maximum Gasteiger partial charge on any atom is 0.125 e. The lowest BCUT2D eigenvalue weighted by Crippen LogP contribution is -2.20. The van der Waals surface area contributed by atoms with Gasteiger partial charge in [0.05, 0.1) is 6.04 Å². The smallest absolute Gasteiger partial charge is 0.125 e. The fourth-order valence-electron chi connectivity index (χ4n) is 2.60. The van der Waals surface area contributed by atoms with Crippen molar-refractivity contribution in [3.8, 4) is 5.75 Å². The fraction of sp³-hybridized carbons (Fsp3) is 0.143. The number of halogens is 1. The molecule has 0 radical (unpaired) electrons. The van der Waals surface area contributed by atoms with Crippen molar-refractivity contribution >= 4 is 5.69 Å². The molecule has 128 valence electrons. The normalized spacial score (nSPS) is 11.8. The predicted octanol–water partition coefficient (Wildman–Crippen LogP) is 4.52. The summed E-state index contributed by atoms with van der Waals surface area (Å²) in [6.45, 7) is 0.933. The standard InChI is InChI=1S/C21H21FN2O/c22-18-7-4-8-19(13-18)24-21(14-23)17-9-11-20(12-10-17)25-15-16-5-2-1-3-6-16/h1-13,21,24H,14-15,23H2. The molecule has 3 N–H and O–H groups in total. The average molecular weight is 336 g/mol. The monoisotopic (exact) mass is 336 g/mol. The second kappa shape index (κ2) is 8.31. The van der Waals surface area contributed by atoms with E-state index in [-0.39, 0.29) is 11.9 Å². The van der Waals surface area contributed by atoms with Gasteiger partial charge in [-0.3, -0.25) is 0 Å². The van der Waals surface area contributed by atoms with E-state index in [2.05, 4.69) is 5.32 Å². The Hall–Kier alpha value is -2.85. The van der Waals surface area contributed by atoms with Crippen LogP contribution in [0, 0.1) is 5.82 Å². The van der Waals surface area contributed by atoms with E-state index in [0.29, 0.717) is 18.8 Å². The Balaban J connectivity index is 1.63. The van der Waals surface area contributed by atoms with Crippen molar-refractivity contribution in [1.82, 2.24) is 0 Å². The molecule has 0 aliphatic rings. The topological polar surface area (TPSA) is 47.3 Å². The minimum Gasteiger partial charge on any atom is -0.489 e. The molecular formula is C21H21FN2O. The van der Waals surface area contributed by atoms with Crippen molar-refractivity contribution in [2.75, 3.05) is 11.9 Å². The molecule has 0 heterocycles. The molecule has 1 unspecified atom stereocenters. The zero-order chi connectivity index (χ0) is 17.5. The number of ether oxygens (including phenoxy) is 1. The molecule has 0 aliphatic heterocycles. The summed E-state index contributed by atoms with van der Waals surface area (Å²) < 4.78 is 19.1. The molecule has 3 nitrogen and oxygen atoms in total. The van der Waals surface area contributed by atoms with E-state index in [1.165, 1.54) is 12.1 Å². The molecule has 0 aliphatic carbocycles. The third-order valence-corrected chi connectivity index (χ3v) is 3.93. The van der Waals surface area contributed by atoms with Crippen LogP contribution in [0.25, 0.3) is 0 Å². The first kappa shape index (κ1) is 17.0. The minimum atomic E-state index is -0.273. The summed E-state index contributed by atoms with van der Waals surface area (Å²) in [4.78, 5) is 0. The number of nitrogens with one attached hydrogen (secondary N) is 1. The molecular weight excluding hydrogens is 315 g/mol. The summed E-state index contributed by atoms with van der Waals surface area (Å²) in [7, 11) is 0. The SMILES string of the molecule is NCC(Nc1cccc(F)c1)c1ccc(OCc2ccccc2)cc1. The molecule has 25 heavy (non-hydrogen) atoms. The Morgan fingerprint density at radius 1 is 0.920 bits per heavy atom. The summed E-state index contributed by atoms with van der Waals surface area (Å²) in [5, 5.41) is 3.26. The number of hydrogen-bond donors (Lipinski definition) is 2. The maximum atomic E-state index is 13.3. The van der Waals surface area contributed by atoms with E-state index in [1.54, 1.807) is 6.07 Å². The second-order valence-corrected chi connectivity index (χ2v) is 5.79. The van der Waals surface area contributed by atoms with Crippen LogP contribution in [0.3, 0.4) is 0 Å². The molecule has 0 saturated heterocycles. The molecule has 0 saturated carbocycles. The molecule has 0 aromatic heterocycles. The molecule has 0 bridgehead atoms. The number of nitrogens with two attached hydrogens (primary N) is 1. The van der Waals surface area contributed by atoms with Crippen LogP contribution in [0.4, 0.5) is 10.1 Å². The first-order valence-corrected chi connectivity index (χ1v) is 8.23. The summed E-state index contributed by atoms with van der Waals surface area (Å²) in [6.07, 6.45) is 0. The average Bonchev–Trinajstić information content (AvgIpc) is 2.66. The van der Waals surface area contributed by atoms with Crippen molar-refractivity contribution in [1.29, 1.82) is 0 Å². The highest BCUT2D eigenvalue weighted by molar-refractivity contribution is 5.46. The van der Waals surface area contributed by atoms with Crippen molar-refractivity contribution in [3.05, 3.63) is 95.8 Å². The van der Waals surface area contributed by atoms with Gasteiger partial charge in [0.2, 0.25) is 0 Å². The van der Waals surface area contributed by atoms with Crippen molar-refractivity contribution < 1.29 is 9.13 Å². The van der Waals surface area contributed by atoms with Gasteiger partial charge in [-0.05, 0) is 41.5 Å². The number of hydrogen-bond acceptors (Lipinski definition) is 3. The van der Waals surface area contributed by atoms with Gasteiger partial charge < -0.3 is 15.8 Å². The molecule has 3 aromatic rings. The van der Waals surface area contributed by atoms with Crippen LogP contribution in [0.15, 0.2) is 78.9 Å². The molecule has 0 spiro atoms. The van der Waals surface area contributed by atoms with Gasteiger partial charge in [0.1, 0.15) is 18.2 Å². The Kier molecular flexibility index (Phi) is 5.65. The number of benzene rings is 3. The van der Waals surface area contributed by atoms with Crippen LogP contribution in [-0.2, 0) is 6.61 Å². The van der Waals surface area contributed by atoms with Gasteiger partial charge in [-0.15, -0.1) is 0 Å². The molecule has 3 rings (SSSR count). The van der Waals surface area contributed by atoms with Crippen LogP contribution in [0.5, 0.6) is 5.75 Å². The fourth-order valence-corrected chi connectivity index (χ4v) is 2.60. The first-order chi connectivity index (χ1) is 12.2. The maximum absolute atomic E-state index is 13.3. The Labute approximate surface area is 147 Å². The largest absolute Gasteiger partial charge is 0.489 e. The second-order valence-electron chi connectivity index (χ2n) is 5.79. The minimum absolute atomic E-state index is 0.0926. The van der Waals surface area contributed by atoms with Crippen LogP contribution >= 0.6 is 0 Å². The van der Waals surface area contributed by atoms with Crippen LogP contribution < -0.4 is 15.8 Å². The van der Waals surface area contributed by atoms with Crippen molar-refractivity contribution in [2.45, 2.75) is 12.6 Å². The van der Waals surface area contributed by atoms with E-state index in [4.69, 9.17) is 10.5 Å². The van der Waals surface area contributed by atoms with Crippen molar-refractivity contribution in [2.24, 2.45) is 5.73 Å². The molecule has 0 amide bonds. The highest BCUT2D eigenvalue weighted by Gasteiger charge is 2.10. The summed E-state index contributed by atoms with van der Waals surface area (Å²) in [5.41, 5.74) is 8.74. The lowest BCUT2D eigenvalue weighted by atomic mass is 10.1.